The lowest BCUT2D eigenvalue weighted by Crippen LogP contribution is -2.47. The monoisotopic (exact) mass is 673 g/mol. The van der Waals surface area contributed by atoms with Crippen molar-refractivity contribution >= 4 is 40.2 Å². The first-order valence-electron chi connectivity index (χ1n) is 17.2. The molecule has 4 aromatic rings. The maximum atomic E-state index is 14.4. The van der Waals surface area contributed by atoms with Crippen molar-refractivity contribution in [3.8, 4) is 17.2 Å². The van der Waals surface area contributed by atoms with Crippen LogP contribution in [0, 0.1) is 30.6 Å². The Morgan fingerprint density at radius 3 is 2.52 bits per heavy atom. The van der Waals surface area contributed by atoms with E-state index in [1.165, 1.54) is 6.92 Å². The van der Waals surface area contributed by atoms with E-state index < -0.39 is 17.4 Å². The van der Waals surface area contributed by atoms with E-state index in [4.69, 9.17) is 5.10 Å². The highest BCUT2D eigenvalue weighted by molar-refractivity contribution is 6.07. The van der Waals surface area contributed by atoms with Crippen LogP contribution in [0.25, 0.3) is 22.0 Å². The Balaban J connectivity index is 1.29. The lowest BCUT2D eigenvalue weighted by molar-refractivity contribution is -0.138. The molecule has 3 amide bonds. The number of nitrogens with one attached hydrogen (secondary N) is 2. The summed E-state index contributed by atoms with van der Waals surface area (Å²) >= 11 is 0. The lowest BCUT2D eigenvalue weighted by Gasteiger charge is -2.27. The second-order valence-corrected chi connectivity index (χ2v) is 13.9. The summed E-state index contributed by atoms with van der Waals surface area (Å²) in [6.45, 7) is 5.28. The molecule has 0 spiro atoms. The molecule has 1 aromatic carbocycles. The summed E-state index contributed by atoms with van der Waals surface area (Å²) < 4.78 is 1.62. The molecule has 13 nitrogen and oxygen atoms in total. The Bertz CT molecular complexity index is 2080. The standard InChI is InChI=1S/C37H39N9O4/c1-21-10-11-27(16-38)42-35(21)43-36(50)29-14-37-15-30(37)46(29)32(49)19-45-34-24(8-6-4-5-7-9-31(48)41-20-37)12-25(26-17-39-23(3)40-18-26)13-28(34)33(44-45)22(2)47/h10-13,17-18,29-30H,4-9,14-15,19-20H2,1-3H3,(H,41,48)(H,42,43,50)/t29-,30+,37-/m0/s1. The largest absolute Gasteiger partial charge is 0.355 e. The zero-order valence-electron chi connectivity index (χ0n) is 28.5. The predicted molar refractivity (Wildman–Crippen MR) is 184 cm³/mol. The molecule has 50 heavy (non-hydrogen) atoms. The molecule has 2 aliphatic heterocycles. The van der Waals surface area contributed by atoms with Crippen LogP contribution in [0.4, 0.5) is 5.82 Å². The van der Waals surface area contributed by atoms with Crippen molar-refractivity contribution in [3.05, 3.63) is 65.0 Å². The number of amides is 3. The quantitative estimate of drug-likeness (QED) is 0.301. The number of hydrogen-bond acceptors (Lipinski definition) is 9. The predicted octanol–water partition coefficient (Wildman–Crippen LogP) is 4.20. The van der Waals surface area contributed by atoms with Gasteiger partial charge >= 0.3 is 0 Å². The number of ketones is 1. The molecular weight excluding hydrogens is 634 g/mol. The van der Waals surface area contributed by atoms with E-state index in [0.717, 1.165) is 47.9 Å². The van der Waals surface area contributed by atoms with E-state index in [-0.39, 0.29) is 47.4 Å². The number of pyridine rings is 1. The number of rotatable bonds is 4. The topological polar surface area (TPSA) is 176 Å². The van der Waals surface area contributed by atoms with Gasteiger partial charge in [0.15, 0.2) is 5.78 Å². The minimum atomic E-state index is -0.828. The van der Waals surface area contributed by atoms with Crippen LogP contribution in [0.5, 0.6) is 0 Å². The lowest BCUT2D eigenvalue weighted by atomic mass is 9.96. The van der Waals surface area contributed by atoms with Crippen molar-refractivity contribution in [2.24, 2.45) is 5.41 Å². The molecular formula is C37H39N9O4. The number of hydrogen-bond donors (Lipinski definition) is 2. The second kappa shape index (κ2) is 13.1. The van der Waals surface area contributed by atoms with Crippen molar-refractivity contribution in [2.75, 3.05) is 11.9 Å². The summed E-state index contributed by atoms with van der Waals surface area (Å²) in [7, 11) is 0. The summed E-state index contributed by atoms with van der Waals surface area (Å²) in [5, 5.41) is 20.7. The molecule has 7 rings (SSSR count). The molecule has 3 aromatic heterocycles. The van der Waals surface area contributed by atoms with Crippen molar-refractivity contribution in [3.63, 3.8) is 0 Å². The molecule has 256 valence electrons. The van der Waals surface area contributed by atoms with Crippen molar-refractivity contribution in [1.82, 2.24) is 34.9 Å². The summed E-state index contributed by atoms with van der Waals surface area (Å²) in [6.07, 6.45) is 9.06. The minimum absolute atomic E-state index is 0.0279. The second-order valence-electron chi connectivity index (χ2n) is 13.9. The normalized spacial score (nSPS) is 22.3. The summed E-state index contributed by atoms with van der Waals surface area (Å²) in [5.74, 6) is -0.0373. The van der Waals surface area contributed by atoms with Crippen LogP contribution in [-0.4, -0.2) is 71.8 Å². The van der Waals surface area contributed by atoms with Gasteiger partial charge in [-0.3, -0.25) is 23.9 Å². The average Bonchev–Trinajstić information content (AvgIpc) is 3.51. The fourth-order valence-electron chi connectivity index (χ4n) is 7.59. The first kappa shape index (κ1) is 33.0. The summed E-state index contributed by atoms with van der Waals surface area (Å²) in [5.41, 5.74) is 4.03. The highest BCUT2D eigenvalue weighted by Crippen LogP contribution is 2.59. The third-order valence-electron chi connectivity index (χ3n) is 10.4. The molecule has 1 saturated carbocycles. The summed E-state index contributed by atoms with van der Waals surface area (Å²) in [6, 6.07) is 8.20. The Labute approximate surface area is 289 Å². The first-order chi connectivity index (χ1) is 24.1. The van der Waals surface area contributed by atoms with Gasteiger partial charge in [0.2, 0.25) is 17.7 Å². The number of aromatic nitrogens is 5. The Morgan fingerprint density at radius 2 is 1.78 bits per heavy atom. The number of carbonyl (C=O) groups is 4. The molecule has 0 unspecified atom stereocenters. The molecule has 2 bridgehead atoms. The molecule has 1 aliphatic carbocycles. The van der Waals surface area contributed by atoms with Gasteiger partial charge in [-0.1, -0.05) is 18.9 Å². The number of piperidine rings is 1. The van der Waals surface area contributed by atoms with E-state index in [1.807, 2.05) is 19.1 Å². The molecule has 3 atom stereocenters. The number of carbonyl (C=O) groups excluding carboxylic acids is 4. The molecule has 0 radical (unpaired) electrons. The third kappa shape index (κ3) is 6.21. The van der Waals surface area contributed by atoms with Gasteiger partial charge in [-0.2, -0.15) is 10.4 Å². The van der Waals surface area contributed by atoms with Gasteiger partial charge in [-0.15, -0.1) is 0 Å². The minimum Gasteiger partial charge on any atom is -0.355 e. The highest BCUT2D eigenvalue weighted by Gasteiger charge is 2.67. The molecule has 2 fully saturated rings. The SMILES string of the molecule is CC(=O)c1nn2c3c(cc(-c4cnc(C)nc4)cc13)CCCCCCC(=O)NC[C@@]13C[C@@H](C(=O)Nc4nc(C#N)ccc4C)N(C(=O)C2)[C@@H]1C3. The van der Waals surface area contributed by atoms with E-state index >= 15 is 0 Å². The number of benzene rings is 1. The van der Waals surface area contributed by atoms with Crippen LogP contribution in [-0.2, 0) is 27.3 Å². The smallest absolute Gasteiger partial charge is 0.248 e. The number of anilines is 1. The molecule has 1 saturated heterocycles. The number of nitrogens with zero attached hydrogens (tertiary/aromatic N) is 7. The van der Waals surface area contributed by atoms with Crippen LogP contribution in [0.15, 0.2) is 36.7 Å². The average molecular weight is 674 g/mol. The van der Waals surface area contributed by atoms with Crippen LogP contribution >= 0.6 is 0 Å². The van der Waals surface area contributed by atoms with E-state index in [9.17, 15) is 24.4 Å². The fourth-order valence-corrected chi connectivity index (χ4v) is 7.59. The van der Waals surface area contributed by atoms with Crippen LogP contribution < -0.4 is 10.6 Å². The Morgan fingerprint density at radius 1 is 1.02 bits per heavy atom. The van der Waals surface area contributed by atoms with Crippen LogP contribution in [0.2, 0.25) is 0 Å². The summed E-state index contributed by atoms with van der Waals surface area (Å²) in [4.78, 5) is 68.9. The Kier molecular flexibility index (Phi) is 8.63. The van der Waals surface area contributed by atoms with E-state index in [0.29, 0.717) is 49.0 Å². The van der Waals surface area contributed by atoms with Gasteiger partial charge in [0.25, 0.3) is 0 Å². The van der Waals surface area contributed by atoms with Crippen molar-refractivity contribution in [2.45, 2.75) is 90.8 Å². The highest BCUT2D eigenvalue weighted by atomic mass is 16.2. The van der Waals surface area contributed by atoms with Crippen LogP contribution in [0.3, 0.4) is 0 Å². The maximum absolute atomic E-state index is 14.4. The Hall–Kier alpha value is -5.51. The zero-order chi connectivity index (χ0) is 35.2. The maximum Gasteiger partial charge on any atom is 0.248 e. The van der Waals surface area contributed by atoms with Crippen molar-refractivity contribution < 1.29 is 19.2 Å². The van der Waals surface area contributed by atoms with Crippen LogP contribution in [0.1, 0.15) is 85.0 Å². The molecule has 3 aliphatic rings. The third-order valence-corrected chi connectivity index (χ3v) is 10.4. The number of Topliss-reactive ketones (excluding diaryl/α,β-unsaturated/α-hetero) is 1. The van der Waals surface area contributed by atoms with Gasteiger partial charge in [-0.25, -0.2) is 15.0 Å². The van der Waals surface area contributed by atoms with Crippen molar-refractivity contribution in [1.29, 1.82) is 5.26 Å². The van der Waals surface area contributed by atoms with Gasteiger partial charge in [0.05, 0.1) is 5.52 Å². The van der Waals surface area contributed by atoms with E-state index in [2.05, 4.69) is 31.7 Å². The fraction of sp³-hybridized carbons (Fsp3) is 0.432. The van der Waals surface area contributed by atoms with Gasteiger partial charge in [0, 0.05) is 54.7 Å². The van der Waals surface area contributed by atoms with Gasteiger partial charge in [-0.05, 0) is 80.8 Å². The first-order valence-corrected chi connectivity index (χ1v) is 17.2. The number of nitriles is 1. The molecule has 2 N–H and O–H groups in total. The number of aryl methyl sites for hydroxylation is 3. The molecule has 13 heteroatoms. The zero-order valence-corrected chi connectivity index (χ0v) is 28.5. The molecule has 5 heterocycles. The van der Waals surface area contributed by atoms with Gasteiger partial charge < -0.3 is 15.5 Å². The van der Waals surface area contributed by atoms with E-state index in [1.54, 1.807) is 41.0 Å². The van der Waals surface area contributed by atoms with Gasteiger partial charge in [0.1, 0.15) is 41.7 Å².